The van der Waals surface area contributed by atoms with Gasteiger partial charge in [-0.2, -0.15) is 0 Å². The van der Waals surface area contributed by atoms with Crippen molar-refractivity contribution in [1.29, 1.82) is 0 Å². The van der Waals surface area contributed by atoms with E-state index in [0.717, 1.165) is 22.4 Å². The zero-order chi connectivity index (χ0) is 18.9. The number of benzene rings is 3. The van der Waals surface area contributed by atoms with Crippen molar-refractivity contribution in [1.82, 2.24) is 0 Å². The van der Waals surface area contributed by atoms with Crippen LogP contribution in [0.4, 0.5) is 0 Å². The largest absolute Gasteiger partial charge is 0.489 e. The first kappa shape index (κ1) is 18.7. The summed E-state index contributed by atoms with van der Waals surface area (Å²) in [6.07, 6.45) is 0.645. The van der Waals surface area contributed by atoms with Gasteiger partial charge in [0.2, 0.25) is 0 Å². The Morgan fingerprint density at radius 1 is 0.741 bits per heavy atom. The molecule has 3 heteroatoms. The van der Waals surface area contributed by atoms with E-state index in [1.54, 1.807) is 0 Å². The molecule has 0 aliphatic carbocycles. The van der Waals surface area contributed by atoms with Gasteiger partial charge in [-0.25, -0.2) is 0 Å². The van der Waals surface area contributed by atoms with E-state index in [1.807, 2.05) is 91.9 Å². The molecule has 0 spiro atoms. The van der Waals surface area contributed by atoms with E-state index < -0.39 is 0 Å². The van der Waals surface area contributed by atoms with Crippen LogP contribution in [0.25, 0.3) is 0 Å². The Labute approximate surface area is 160 Å². The van der Waals surface area contributed by atoms with Crippen molar-refractivity contribution < 1.29 is 14.3 Å². The Bertz CT molecular complexity index is 827. The van der Waals surface area contributed by atoms with Crippen molar-refractivity contribution in [2.75, 3.05) is 0 Å². The average molecular weight is 360 g/mol. The van der Waals surface area contributed by atoms with Crippen molar-refractivity contribution in [3.8, 4) is 5.75 Å². The van der Waals surface area contributed by atoms with Gasteiger partial charge < -0.3 is 9.47 Å². The van der Waals surface area contributed by atoms with Crippen molar-refractivity contribution in [3.05, 3.63) is 102 Å². The Kier molecular flexibility index (Phi) is 6.64. The molecule has 3 aromatic carbocycles. The Morgan fingerprint density at radius 2 is 1.30 bits per heavy atom. The average Bonchev–Trinajstić information content (AvgIpc) is 2.73. The lowest BCUT2D eigenvalue weighted by atomic mass is 10.0. The van der Waals surface area contributed by atoms with Crippen LogP contribution < -0.4 is 4.74 Å². The molecule has 138 valence electrons. The second-order valence-corrected chi connectivity index (χ2v) is 6.62. The molecule has 3 nitrogen and oxygen atoms in total. The zero-order valence-corrected chi connectivity index (χ0v) is 15.5. The standard InChI is InChI=1S/C24H24O3/c1-19(24(25)27-18-22-10-6-3-7-11-22)16-20-12-14-23(15-13-20)26-17-21-8-4-2-5-9-21/h2-15,19H,16-18H2,1H3/t19-/m0/s1. The maximum Gasteiger partial charge on any atom is 0.309 e. The lowest BCUT2D eigenvalue weighted by molar-refractivity contribution is -0.149. The smallest absolute Gasteiger partial charge is 0.309 e. The maximum absolute atomic E-state index is 12.2. The first-order chi connectivity index (χ1) is 13.2. The highest BCUT2D eigenvalue weighted by Gasteiger charge is 2.15. The SMILES string of the molecule is C[C@@H](Cc1ccc(OCc2ccccc2)cc1)C(=O)OCc1ccccc1. The Hall–Kier alpha value is -3.07. The molecule has 0 saturated carbocycles. The summed E-state index contributed by atoms with van der Waals surface area (Å²) in [5.41, 5.74) is 3.22. The fourth-order valence-electron chi connectivity index (χ4n) is 2.77. The molecule has 0 aromatic heterocycles. The molecule has 0 aliphatic rings. The molecule has 3 aromatic rings. The third kappa shape index (κ3) is 6.00. The highest BCUT2D eigenvalue weighted by Crippen LogP contribution is 2.17. The van der Waals surface area contributed by atoms with Gasteiger partial charge in [-0.1, -0.05) is 79.7 Å². The van der Waals surface area contributed by atoms with Gasteiger partial charge >= 0.3 is 5.97 Å². The van der Waals surface area contributed by atoms with Crippen molar-refractivity contribution in [2.24, 2.45) is 5.92 Å². The van der Waals surface area contributed by atoms with Crippen LogP contribution in [0.5, 0.6) is 5.75 Å². The minimum atomic E-state index is -0.190. The van der Waals surface area contributed by atoms with Crippen molar-refractivity contribution >= 4 is 5.97 Å². The summed E-state index contributed by atoms with van der Waals surface area (Å²) in [6.45, 7) is 2.76. The minimum Gasteiger partial charge on any atom is -0.489 e. The van der Waals surface area contributed by atoms with Gasteiger partial charge in [0.05, 0.1) is 5.92 Å². The first-order valence-corrected chi connectivity index (χ1v) is 9.17. The highest BCUT2D eigenvalue weighted by molar-refractivity contribution is 5.72. The summed E-state index contributed by atoms with van der Waals surface area (Å²) in [5.74, 6) is 0.454. The number of hydrogen-bond donors (Lipinski definition) is 0. The minimum absolute atomic E-state index is 0.178. The van der Waals surface area contributed by atoms with Crippen LogP contribution in [-0.2, 0) is 29.2 Å². The van der Waals surface area contributed by atoms with E-state index in [1.165, 1.54) is 0 Å². The number of carbonyl (C=O) groups is 1. The summed E-state index contributed by atoms with van der Waals surface area (Å²) < 4.78 is 11.2. The molecule has 3 rings (SSSR count). The summed E-state index contributed by atoms with van der Waals surface area (Å²) >= 11 is 0. The number of esters is 1. The van der Waals surface area contributed by atoms with E-state index in [2.05, 4.69) is 0 Å². The number of carbonyl (C=O) groups excluding carboxylic acids is 1. The van der Waals surface area contributed by atoms with E-state index >= 15 is 0 Å². The molecule has 0 fully saturated rings. The topological polar surface area (TPSA) is 35.5 Å². The lowest BCUT2D eigenvalue weighted by Crippen LogP contribution is -2.17. The molecule has 0 aliphatic heterocycles. The van der Waals surface area contributed by atoms with Gasteiger partial charge in [-0.05, 0) is 35.2 Å². The van der Waals surface area contributed by atoms with Gasteiger partial charge in [0, 0.05) is 0 Å². The van der Waals surface area contributed by atoms with Gasteiger partial charge in [0.1, 0.15) is 19.0 Å². The van der Waals surface area contributed by atoms with Crippen LogP contribution in [-0.4, -0.2) is 5.97 Å². The second kappa shape index (κ2) is 9.58. The van der Waals surface area contributed by atoms with Crippen LogP contribution in [0.3, 0.4) is 0 Å². The molecule has 27 heavy (non-hydrogen) atoms. The fourth-order valence-corrected chi connectivity index (χ4v) is 2.77. The molecule has 0 saturated heterocycles. The van der Waals surface area contributed by atoms with Gasteiger partial charge in [0.15, 0.2) is 0 Å². The lowest BCUT2D eigenvalue weighted by Gasteiger charge is -2.12. The maximum atomic E-state index is 12.2. The Morgan fingerprint density at radius 3 is 1.89 bits per heavy atom. The molecule has 0 amide bonds. The highest BCUT2D eigenvalue weighted by atomic mass is 16.5. The van der Waals surface area contributed by atoms with E-state index in [9.17, 15) is 4.79 Å². The predicted octanol–water partition coefficient (Wildman–Crippen LogP) is 5.19. The van der Waals surface area contributed by atoms with Crippen LogP contribution >= 0.6 is 0 Å². The van der Waals surface area contributed by atoms with Crippen molar-refractivity contribution in [3.63, 3.8) is 0 Å². The van der Waals surface area contributed by atoms with E-state index in [4.69, 9.17) is 9.47 Å². The summed E-state index contributed by atoms with van der Waals surface area (Å²) in [5, 5.41) is 0. The molecule has 0 heterocycles. The number of rotatable bonds is 8. The fraction of sp³-hybridized carbons (Fsp3) is 0.208. The number of ether oxygens (including phenoxy) is 2. The van der Waals surface area contributed by atoms with Crippen LogP contribution in [0.15, 0.2) is 84.9 Å². The second-order valence-electron chi connectivity index (χ2n) is 6.62. The van der Waals surface area contributed by atoms with Gasteiger partial charge in [-0.15, -0.1) is 0 Å². The Balaban J connectivity index is 1.46. The zero-order valence-electron chi connectivity index (χ0n) is 15.5. The van der Waals surface area contributed by atoms with E-state index in [0.29, 0.717) is 19.6 Å². The normalized spacial score (nSPS) is 11.6. The third-order valence-electron chi connectivity index (χ3n) is 4.34. The van der Waals surface area contributed by atoms with E-state index in [-0.39, 0.29) is 11.9 Å². The summed E-state index contributed by atoms with van der Waals surface area (Å²) in [4.78, 5) is 12.2. The molecular formula is C24H24O3. The first-order valence-electron chi connectivity index (χ1n) is 9.17. The number of hydrogen-bond acceptors (Lipinski definition) is 3. The van der Waals surface area contributed by atoms with Gasteiger partial charge in [0.25, 0.3) is 0 Å². The molecular weight excluding hydrogens is 336 g/mol. The summed E-state index contributed by atoms with van der Waals surface area (Å²) in [7, 11) is 0. The molecule has 0 unspecified atom stereocenters. The predicted molar refractivity (Wildman–Crippen MR) is 106 cm³/mol. The summed E-state index contributed by atoms with van der Waals surface area (Å²) in [6, 6.07) is 27.7. The van der Waals surface area contributed by atoms with Crippen LogP contribution in [0.2, 0.25) is 0 Å². The monoisotopic (exact) mass is 360 g/mol. The molecule has 0 bridgehead atoms. The van der Waals surface area contributed by atoms with Crippen LogP contribution in [0, 0.1) is 5.92 Å². The van der Waals surface area contributed by atoms with Gasteiger partial charge in [-0.3, -0.25) is 4.79 Å². The van der Waals surface area contributed by atoms with Crippen molar-refractivity contribution in [2.45, 2.75) is 26.6 Å². The molecule has 1 atom stereocenters. The quantitative estimate of drug-likeness (QED) is 0.519. The molecule has 0 radical (unpaired) electrons. The molecule has 0 N–H and O–H groups in total. The third-order valence-corrected chi connectivity index (χ3v) is 4.34. The van der Waals surface area contributed by atoms with Crippen LogP contribution in [0.1, 0.15) is 23.6 Å².